The zero-order valence-electron chi connectivity index (χ0n) is 29.7. The summed E-state index contributed by atoms with van der Waals surface area (Å²) < 4.78 is 0. The van der Waals surface area contributed by atoms with E-state index in [0.29, 0.717) is 45.8 Å². The van der Waals surface area contributed by atoms with Gasteiger partial charge >= 0.3 is 11.9 Å². The van der Waals surface area contributed by atoms with E-state index in [1.807, 2.05) is 54.6 Å². The van der Waals surface area contributed by atoms with Crippen molar-refractivity contribution in [1.82, 2.24) is 9.97 Å². The summed E-state index contributed by atoms with van der Waals surface area (Å²) in [5, 5.41) is 22.3. The zero-order valence-corrected chi connectivity index (χ0v) is 29.7. The number of aromatic nitrogens is 2. The van der Waals surface area contributed by atoms with Crippen molar-refractivity contribution in [2.45, 2.75) is 67.2 Å². The number of fused-ring (bicyclic) bond motifs is 4. The Balaban J connectivity index is 1.38. The predicted molar refractivity (Wildman–Crippen MR) is 202 cm³/mol. The van der Waals surface area contributed by atoms with Gasteiger partial charge in [0.2, 0.25) is 0 Å². The third-order valence-corrected chi connectivity index (χ3v) is 10.9. The standard InChI is InChI=1S/C44H44N2O4/c1-43(2,3)29-21-27(39-33(23-29)37(41(47)48)31-14-7-9-16-35(31)45-39)19-25-12-11-13-26(18-25)20-28-22-30(44(4,5)6)24-34-38(42(49)50)32-15-8-10-17-36(32)46-40(28)34/h7-20,29-30H,21-24H2,1-6H3,(H,47,48)(H,49,50)/b27-19+,28-20+/t29-,30-/m1/s1. The summed E-state index contributed by atoms with van der Waals surface area (Å²) in [6.07, 6.45) is 7.26. The molecule has 0 spiro atoms. The van der Waals surface area contributed by atoms with E-state index in [0.717, 1.165) is 57.6 Å². The van der Waals surface area contributed by atoms with Crippen LogP contribution in [0.3, 0.4) is 0 Å². The summed E-state index contributed by atoms with van der Waals surface area (Å²) >= 11 is 0. The monoisotopic (exact) mass is 664 g/mol. The Morgan fingerprint density at radius 3 is 1.38 bits per heavy atom. The summed E-state index contributed by atoms with van der Waals surface area (Å²) in [6, 6.07) is 23.4. The molecule has 3 aromatic carbocycles. The number of para-hydroxylation sites is 2. The van der Waals surface area contributed by atoms with Crippen molar-refractivity contribution in [3.8, 4) is 0 Å². The molecule has 0 amide bonds. The number of aromatic carboxylic acids is 2. The maximum absolute atomic E-state index is 12.8. The number of hydrogen-bond donors (Lipinski definition) is 2. The smallest absolute Gasteiger partial charge is 0.336 e. The number of pyridine rings is 2. The first-order valence-electron chi connectivity index (χ1n) is 17.5. The van der Waals surface area contributed by atoms with Gasteiger partial charge in [0.15, 0.2) is 0 Å². The molecule has 7 rings (SSSR count). The fourth-order valence-electron chi connectivity index (χ4n) is 7.90. The highest BCUT2D eigenvalue weighted by Gasteiger charge is 2.36. The van der Waals surface area contributed by atoms with E-state index in [9.17, 15) is 19.8 Å². The molecule has 0 radical (unpaired) electrons. The molecule has 0 unspecified atom stereocenters. The second kappa shape index (κ2) is 12.3. The van der Waals surface area contributed by atoms with Crippen molar-refractivity contribution in [3.05, 3.63) is 118 Å². The lowest BCUT2D eigenvalue weighted by molar-refractivity contribution is 0.0685. The highest BCUT2D eigenvalue weighted by atomic mass is 16.4. The number of carbonyl (C=O) groups is 2. The van der Waals surface area contributed by atoms with Crippen LogP contribution in [0.5, 0.6) is 0 Å². The first kappa shape index (κ1) is 33.4. The largest absolute Gasteiger partial charge is 0.478 e. The predicted octanol–water partition coefficient (Wildman–Crippen LogP) is 10.5. The molecule has 0 bridgehead atoms. The van der Waals surface area contributed by atoms with Crippen molar-refractivity contribution in [1.29, 1.82) is 0 Å². The number of carboxylic acids is 2. The van der Waals surface area contributed by atoms with Gasteiger partial charge in [0.05, 0.1) is 33.5 Å². The molecule has 2 heterocycles. The van der Waals surface area contributed by atoms with Crippen LogP contribution < -0.4 is 0 Å². The molecule has 2 aromatic heterocycles. The van der Waals surface area contributed by atoms with E-state index < -0.39 is 11.9 Å². The number of nitrogens with zero attached hydrogens (tertiary/aromatic N) is 2. The third kappa shape index (κ3) is 6.12. The molecule has 6 nitrogen and oxygen atoms in total. The number of allylic oxidation sites excluding steroid dienone is 2. The van der Waals surface area contributed by atoms with E-state index in [2.05, 4.69) is 71.9 Å². The van der Waals surface area contributed by atoms with Crippen LogP contribution >= 0.6 is 0 Å². The molecule has 0 aliphatic heterocycles. The van der Waals surface area contributed by atoms with E-state index in [4.69, 9.17) is 9.97 Å². The van der Waals surface area contributed by atoms with Crippen LogP contribution in [0.1, 0.15) is 109 Å². The molecule has 0 saturated heterocycles. The van der Waals surface area contributed by atoms with Crippen LogP contribution in [0, 0.1) is 22.7 Å². The third-order valence-electron chi connectivity index (χ3n) is 10.9. The Labute approximate surface area is 293 Å². The molecular formula is C44H44N2O4. The van der Waals surface area contributed by atoms with Crippen LogP contribution in [0.15, 0.2) is 72.8 Å². The highest BCUT2D eigenvalue weighted by molar-refractivity contribution is 6.07. The van der Waals surface area contributed by atoms with Crippen molar-refractivity contribution in [2.75, 3.05) is 0 Å². The number of benzene rings is 3. The summed E-state index contributed by atoms with van der Waals surface area (Å²) in [7, 11) is 0. The molecule has 2 aliphatic carbocycles. The second-order valence-corrected chi connectivity index (χ2v) is 16.2. The van der Waals surface area contributed by atoms with Gasteiger partial charge in [0.1, 0.15) is 0 Å². The number of rotatable bonds is 4. The van der Waals surface area contributed by atoms with Crippen molar-refractivity contribution in [3.63, 3.8) is 0 Å². The molecule has 5 aromatic rings. The van der Waals surface area contributed by atoms with Crippen LogP contribution in [-0.2, 0) is 12.8 Å². The van der Waals surface area contributed by atoms with Gasteiger partial charge in [-0.3, -0.25) is 0 Å². The number of carboxylic acid groups (broad SMARTS) is 2. The van der Waals surface area contributed by atoms with Gasteiger partial charge in [-0.1, -0.05) is 96.1 Å². The van der Waals surface area contributed by atoms with Gasteiger partial charge in [-0.15, -0.1) is 0 Å². The topological polar surface area (TPSA) is 100 Å². The second-order valence-electron chi connectivity index (χ2n) is 16.2. The van der Waals surface area contributed by atoms with E-state index in [1.54, 1.807) is 0 Å². The summed E-state index contributed by atoms with van der Waals surface area (Å²) in [5.41, 5.74) is 9.28. The minimum Gasteiger partial charge on any atom is -0.478 e. The van der Waals surface area contributed by atoms with Gasteiger partial charge in [0.25, 0.3) is 0 Å². The molecular weight excluding hydrogens is 620 g/mol. The first-order chi connectivity index (χ1) is 23.7. The van der Waals surface area contributed by atoms with Gasteiger partial charge in [-0.25, -0.2) is 19.6 Å². The average Bonchev–Trinajstić information content (AvgIpc) is 3.05. The number of hydrogen-bond acceptors (Lipinski definition) is 4. The fourth-order valence-corrected chi connectivity index (χ4v) is 7.90. The maximum Gasteiger partial charge on any atom is 0.336 e. The Kier molecular flexibility index (Phi) is 8.25. The van der Waals surface area contributed by atoms with Crippen LogP contribution in [-0.4, -0.2) is 32.1 Å². The van der Waals surface area contributed by atoms with E-state index in [-0.39, 0.29) is 22.7 Å². The molecule has 254 valence electrons. The van der Waals surface area contributed by atoms with Gasteiger partial charge in [-0.05, 0) is 112 Å². The van der Waals surface area contributed by atoms with Gasteiger partial charge in [-0.2, -0.15) is 0 Å². The van der Waals surface area contributed by atoms with Crippen LogP contribution in [0.25, 0.3) is 45.1 Å². The SMILES string of the molecule is CC(C)(C)[C@@H]1C/C(=C\c2cccc(/C=C3\C[C@@H](C(C)(C)C)Cc4c3nc3ccccc3c4C(=O)O)c2)c2nc3ccccc3c(C(=O)O)c2C1. The zero-order chi connectivity index (χ0) is 35.5. The van der Waals surface area contributed by atoms with Crippen molar-refractivity contribution >= 4 is 57.0 Å². The van der Waals surface area contributed by atoms with Gasteiger partial charge < -0.3 is 10.2 Å². The molecule has 0 fully saturated rings. The lowest BCUT2D eigenvalue weighted by Crippen LogP contribution is -2.28. The summed E-state index contributed by atoms with van der Waals surface area (Å²) in [5.74, 6) is -1.36. The Hall–Kier alpha value is -5.10. The Bertz CT molecular complexity index is 2110. The molecule has 2 aliphatic rings. The molecule has 0 saturated carbocycles. The van der Waals surface area contributed by atoms with E-state index in [1.165, 1.54) is 0 Å². The van der Waals surface area contributed by atoms with Gasteiger partial charge in [0, 0.05) is 10.8 Å². The lowest BCUT2D eigenvalue weighted by Gasteiger charge is -2.36. The van der Waals surface area contributed by atoms with Crippen LogP contribution in [0.4, 0.5) is 0 Å². The average molecular weight is 665 g/mol. The lowest BCUT2D eigenvalue weighted by atomic mass is 9.68. The van der Waals surface area contributed by atoms with Crippen LogP contribution in [0.2, 0.25) is 0 Å². The molecule has 2 N–H and O–H groups in total. The summed E-state index contributed by atoms with van der Waals surface area (Å²) in [4.78, 5) is 35.7. The maximum atomic E-state index is 12.8. The van der Waals surface area contributed by atoms with E-state index >= 15 is 0 Å². The molecule has 50 heavy (non-hydrogen) atoms. The highest BCUT2D eigenvalue weighted by Crippen LogP contribution is 2.46. The first-order valence-corrected chi connectivity index (χ1v) is 17.5. The Morgan fingerprint density at radius 2 is 1.00 bits per heavy atom. The minimum absolute atomic E-state index is 0.0333. The van der Waals surface area contributed by atoms with Crippen molar-refractivity contribution < 1.29 is 19.8 Å². The minimum atomic E-state index is -0.920. The normalized spacial score (nSPS) is 19.5. The summed E-state index contributed by atoms with van der Waals surface area (Å²) in [6.45, 7) is 13.3. The van der Waals surface area contributed by atoms with Crippen molar-refractivity contribution in [2.24, 2.45) is 22.7 Å². The molecule has 6 heteroatoms. The molecule has 2 atom stereocenters. The fraction of sp³-hybridized carbons (Fsp3) is 0.318. The Morgan fingerprint density at radius 1 is 0.600 bits per heavy atom. The quantitative estimate of drug-likeness (QED) is 0.198.